The van der Waals surface area contributed by atoms with Gasteiger partial charge in [-0.25, -0.2) is 4.79 Å². The molecule has 1 saturated heterocycles. The second-order valence-corrected chi connectivity index (χ2v) is 11.0. The van der Waals surface area contributed by atoms with E-state index in [0.29, 0.717) is 10.6 Å². The van der Waals surface area contributed by atoms with E-state index in [1.807, 2.05) is 6.92 Å². The lowest BCUT2D eigenvalue weighted by Crippen LogP contribution is -3.10. The van der Waals surface area contributed by atoms with Crippen molar-refractivity contribution in [3.8, 4) is 17.2 Å². The molecule has 1 aliphatic rings. The van der Waals surface area contributed by atoms with E-state index in [2.05, 4.69) is 0 Å². The molecule has 0 amide bonds. The van der Waals surface area contributed by atoms with Gasteiger partial charge < -0.3 is 18.8 Å². The number of aryl methyl sites for hydroxylation is 2. The van der Waals surface area contributed by atoms with Crippen LogP contribution in [0.3, 0.4) is 0 Å². The Morgan fingerprint density at radius 2 is 1.67 bits per heavy atom. The first-order valence-electron chi connectivity index (χ1n) is 13.8. The van der Waals surface area contributed by atoms with Crippen LogP contribution in [0.15, 0.2) is 63.8 Å². The molecule has 2 heterocycles. The molecule has 0 radical (unpaired) electrons. The SMILES string of the molecule is Cc1ccc(C(=O)Oc2ccc3c(=O)c(Oc4ccc(Cl)c(C)c4)c(C(F)(F)F)oc3c2C[NH+]2CCCCCC2)cc1. The zero-order chi connectivity index (χ0) is 30.0. The molecule has 42 heavy (non-hydrogen) atoms. The summed E-state index contributed by atoms with van der Waals surface area (Å²) in [4.78, 5) is 27.7. The van der Waals surface area contributed by atoms with E-state index in [-0.39, 0.29) is 40.1 Å². The molecule has 1 fully saturated rings. The highest BCUT2D eigenvalue weighted by Crippen LogP contribution is 2.40. The Labute approximate surface area is 245 Å². The van der Waals surface area contributed by atoms with Crippen molar-refractivity contribution in [1.29, 1.82) is 0 Å². The molecule has 0 aliphatic carbocycles. The molecule has 6 nitrogen and oxygen atoms in total. The van der Waals surface area contributed by atoms with Gasteiger partial charge in [0.05, 0.1) is 29.6 Å². The third-order valence-corrected chi connectivity index (χ3v) is 7.84. The number of carbonyl (C=O) groups excluding carboxylic acids is 1. The van der Waals surface area contributed by atoms with Gasteiger partial charge in [-0.05, 0) is 87.6 Å². The second-order valence-electron chi connectivity index (χ2n) is 10.6. The fourth-order valence-electron chi connectivity index (χ4n) is 5.12. The van der Waals surface area contributed by atoms with Crippen LogP contribution in [0, 0.1) is 13.8 Å². The molecule has 1 aliphatic heterocycles. The van der Waals surface area contributed by atoms with Crippen LogP contribution in [0.4, 0.5) is 13.2 Å². The molecular weight excluding hydrogens is 571 g/mol. The summed E-state index contributed by atoms with van der Waals surface area (Å²) in [5.41, 5.74) is 0.763. The fraction of sp³-hybridized carbons (Fsp3) is 0.312. The average Bonchev–Trinajstić information content (AvgIpc) is 3.22. The van der Waals surface area contributed by atoms with Gasteiger partial charge in [0.2, 0.25) is 11.2 Å². The van der Waals surface area contributed by atoms with Crippen LogP contribution in [0.1, 0.15) is 58.5 Å². The number of benzene rings is 3. The summed E-state index contributed by atoms with van der Waals surface area (Å²) >= 11 is 6.05. The molecule has 4 aromatic rings. The van der Waals surface area contributed by atoms with Crippen LogP contribution in [0.5, 0.6) is 17.2 Å². The van der Waals surface area contributed by atoms with Crippen LogP contribution >= 0.6 is 11.6 Å². The number of fused-ring (bicyclic) bond motifs is 1. The van der Waals surface area contributed by atoms with Crippen molar-refractivity contribution >= 4 is 28.5 Å². The minimum absolute atomic E-state index is 0.00642. The number of likely N-dealkylation sites (tertiary alicyclic amines) is 1. The largest absolute Gasteiger partial charge is 0.453 e. The van der Waals surface area contributed by atoms with Gasteiger partial charge in [-0.15, -0.1) is 0 Å². The number of esters is 1. The van der Waals surface area contributed by atoms with Gasteiger partial charge in [0.25, 0.3) is 5.76 Å². The maximum atomic E-state index is 14.4. The zero-order valence-electron chi connectivity index (χ0n) is 23.2. The summed E-state index contributed by atoms with van der Waals surface area (Å²) < 4.78 is 59.9. The Morgan fingerprint density at radius 1 is 0.976 bits per heavy atom. The monoisotopic (exact) mass is 600 g/mol. The van der Waals surface area contributed by atoms with Gasteiger partial charge >= 0.3 is 12.1 Å². The summed E-state index contributed by atoms with van der Waals surface area (Å²) in [7, 11) is 0. The third kappa shape index (κ3) is 6.47. The van der Waals surface area contributed by atoms with E-state index in [9.17, 15) is 22.8 Å². The van der Waals surface area contributed by atoms with E-state index in [0.717, 1.165) is 49.2 Å². The molecule has 1 N–H and O–H groups in total. The standard InChI is InChI=1S/C32H29ClF3NO5/c1-19-7-9-21(10-8-19)31(39)41-26-14-12-23-27(38)29(40-22-11-13-25(33)20(2)17-22)30(32(34,35)36)42-28(23)24(26)18-37-15-5-3-4-6-16-37/h7-14,17H,3-6,15-16,18H2,1-2H3/p+1. The first kappa shape index (κ1) is 29.7. The number of rotatable bonds is 6. The second kappa shape index (κ2) is 12.2. The van der Waals surface area contributed by atoms with Crippen molar-refractivity contribution in [2.75, 3.05) is 13.1 Å². The topological polar surface area (TPSA) is 70.2 Å². The first-order chi connectivity index (χ1) is 20.0. The molecule has 0 unspecified atom stereocenters. The summed E-state index contributed by atoms with van der Waals surface area (Å²) in [5.74, 6) is -3.16. The lowest BCUT2D eigenvalue weighted by molar-refractivity contribution is -0.913. The predicted octanol–water partition coefficient (Wildman–Crippen LogP) is 7.05. The highest BCUT2D eigenvalue weighted by Gasteiger charge is 2.41. The number of halogens is 4. The van der Waals surface area contributed by atoms with E-state index in [4.69, 9.17) is 25.5 Å². The number of alkyl halides is 3. The van der Waals surface area contributed by atoms with Gasteiger partial charge in [0, 0.05) is 5.02 Å². The number of ether oxygens (including phenoxy) is 2. The minimum Gasteiger partial charge on any atom is -0.449 e. The lowest BCUT2D eigenvalue weighted by Gasteiger charge is -2.20. The van der Waals surface area contributed by atoms with E-state index >= 15 is 0 Å². The Kier molecular flexibility index (Phi) is 8.61. The highest BCUT2D eigenvalue weighted by molar-refractivity contribution is 6.31. The molecule has 0 saturated carbocycles. The zero-order valence-corrected chi connectivity index (χ0v) is 24.0. The predicted molar refractivity (Wildman–Crippen MR) is 153 cm³/mol. The molecule has 3 aromatic carbocycles. The molecule has 5 rings (SSSR count). The summed E-state index contributed by atoms with van der Waals surface area (Å²) in [6.45, 7) is 5.33. The smallest absolute Gasteiger partial charge is 0.449 e. The molecule has 10 heteroatoms. The van der Waals surface area contributed by atoms with Crippen LogP contribution < -0.4 is 19.8 Å². The highest BCUT2D eigenvalue weighted by atomic mass is 35.5. The van der Waals surface area contributed by atoms with Gasteiger partial charge in [-0.3, -0.25) is 4.79 Å². The number of hydrogen-bond acceptors (Lipinski definition) is 5. The van der Waals surface area contributed by atoms with Crippen molar-refractivity contribution < 1.29 is 36.8 Å². The van der Waals surface area contributed by atoms with Gasteiger partial charge in [-0.1, -0.05) is 29.3 Å². The van der Waals surface area contributed by atoms with Crippen molar-refractivity contribution in [1.82, 2.24) is 0 Å². The van der Waals surface area contributed by atoms with Crippen LogP contribution in [0.25, 0.3) is 11.0 Å². The van der Waals surface area contributed by atoms with Gasteiger partial charge in [0.1, 0.15) is 18.0 Å². The van der Waals surface area contributed by atoms with Crippen molar-refractivity contribution in [3.05, 3.63) is 97.9 Å². The Hall–Kier alpha value is -3.82. The Bertz CT molecular complexity index is 1670. The van der Waals surface area contributed by atoms with Gasteiger partial charge in [0.15, 0.2) is 5.58 Å². The molecule has 220 valence electrons. The number of quaternary nitrogens is 1. The first-order valence-corrected chi connectivity index (χ1v) is 14.2. The Morgan fingerprint density at radius 3 is 2.31 bits per heavy atom. The van der Waals surface area contributed by atoms with Crippen molar-refractivity contribution in [2.45, 2.75) is 52.3 Å². The summed E-state index contributed by atoms with van der Waals surface area (Å²) in [6, 6.07) is 13.8. The van der Waals surface area contributed by atoms with Crippen LogP contribution in [0.2, 0.25) is 5.02 Å². The van der Waals surface area contributed by atoms with E-state index in [1.165, 1.54) is 30.3 Å². The maximum absolute atomic E-state index is 14.4. The molecule has 0 atom stereocenters. The summed E-state index contributed by atoms with van der Waals surface area (Å²) in [6.07, 6.45) is -1.02. The fourth-order valence-corrected chi connectivity index (χ4v) is 5.24. The third-order valence-electron chi connectivity index (χ3n) is 7.41. The van der Waals surface area contributed by atoms with Crippen LogP contribution in [-0.2, 0) is 12.7 Å². The maximum Gasteiger partial charge on any atom is 0.453 e. The quantitative estimate of drug-likeness (QED) is 0.190. The van der Waals surface area contributed by atoms with Crippen molar-refractivity contribution in [2.24, 2.45) is 0 Å². The van der Waals surface area contributed by atoms with E-state index < -0.39 is 29.1 Å². The molecule has 1 aromatic heterocycles. The number of hydrogen-bond donors (Lipinski definition) is 1. The Balaban J connectivity index is 1.66. The summed E-state index contributed by atoms with van der Waals surface area (Å²) in [5, 5.41) is 0.292. The molecule has 0 bridgehead atoms. The van der Waals surface area contributed by atoms with Crippen molar-refractivity contribution in [3.63, 3.8) is 0 Å². The normalized spacial score (nSPS) is 14.5. The van der Waals surface area contributed by atoms with E-state index in [1.54, 1.807) is 31.2 Å². The lowest BCUT2D eigenvalue weighted by atomic mass is 10.1. The van der Waals surface area contributed by atoms with Gasteiger partial charge in [-0.2, -0.15) is 13.2 Å². The molecule has 0 spiro atoms. The number of carbonyl (C=O) groups is 1. The number of nitrogens with one attached hydrogen (secondary N) is 1. The van der Waals surface area contributed by atoms with Crippen LogP contribution in [-0.4, -0.2) is 19.1 Å². The minimum atomic E-state index is -5.05. The molecular formula is C32H30ClF3NO5+. The average molecular weight is 601 g/mol.